The summed E-state index contributed by atoms with van der Waals surface area (Å²) in [4.78, 5) is 6.93. The van der Waals surface area contributed by atoms with Crippen molar-refractivity contribution < 1.29 is 0 Å². The predicted octanol–water partition coefficient (Wildman–Crippen LogP) is 2.35. The topological polar surface area (TPSA) is 28.2 Å². The van der Waals surface area contributed by atoms with Crippen LogP contribution in [0.5, 0.6) is 0 Å². The molecule has 0 saturated carbocycles. The minimum absolute atomic E-state index is 0.624. The molecule has 0 amide bonds. The van der Waals surface area contributed by atoms with E-state index in [9.17, 15) is 0 Å². The summed E-state index contributed by atoms with van der Waals surface area (Å²) in [5, 5.41) is 3.63. The molecule has 2 unspecified atom stereocenters. The Hall–Kier alpha value is -0.930. The maximum Gasteiger partial charge on any atom is 0.0372 e. The number of hydrogen-bond acceptors (Lipinski definition) is 3. The molecule has 1 aromatic rings. The molecule has 1 aliphatic heterocycles. The van der Waals surface area contributed by atoms with Gasteiger partial charge in [0.15, 0.2) is 0 Å². The number of aryl methyl sites for hydroxylation is 1. The van der Waals surface area contributed by atoms with Gasteiger partial charge in [-0.15, -0.1) is 0 Å². The molecule has 2 atom stereocenters. The van der Waals surface area contributed by atoms with Crippen molar-refractivity contribution >= 4 is 0 Å². The number of pyridine rings is 1. The van der Waals surface area contributed by atoms with Gasteiger partial charge in [0.05, 0.1) is 0 Å². The first-order chi connectivity index (χ1) is 8.63. The Labute approximate surface area is 111 Å². The monoisotopic (exact) mass is 247 g/mol. The fourth-order valence-electron chi connectivity index (χ4n) is 2.52. The quantitative estimate of drug-likeness (QED) is 0.869. The number of nitrogens with one attached hydrogen (secondary N) is 1. The van der Waals surface area contributed by atoms with Crippen LogP contribution in [0.1, 0.15) is 37.9 Å². The normalized spacial score (nSPS) is 26.6. The fraction of sp³-hybridized carbons (Fsp3) is 0.667. The van der Waals surface area contributed by atoms with Gasteiger partial charge >= 0.3 is 0 Å². The van der Waals surface area contributed by atoms with Crippen molar-refractivity contribution in [2.45, 2.75) is 52.2 Å². The first-order valence-electron chi connectivity index (χ1n) is 7.03. The Morgan fingerprint density at radius 2 is 1.89 bits per heavy atom. The van der Waals surface area contributed by atoms with E-state index in [0.29, 0.717) is 12.1 Å². The van der Waals surface area contributed by atoms with Crippen LogP contribution in [0.2, 0.25) is 0 Å². The Morgan fingerprint density at radius 1 is 1.22 bits per heavy atom. The third-order valence-electron chi connectivity index (χ3n) is 3.70. The highest BCUT2D eigenvalue weighted by atomic mass is 15.1. The van der Waals surface area contributed by atoms with Gasteiger partial charge in [-0.25, -0.2) is 0 Å². The van der Waals surface area contributed by atoms with Crippen molar-refractivity contribution in [3.8, 4) is 0 Å². The van der Waals surface area contributed by atoms with E-state index in [1.807, 2.05) is 13.1 Å². The van der Waals surface area contributed by atoms with Crippen molar-refractivity contribution in [3.05, 3.63) is 29.6 Å². The van der Waals surface area contributed by atoms with E-state index in [0.717, 1.165) is 12.2 Å². The highest BCUT2D eigenvalue weighted by molar-refractivity contribution is 5.13. The van der Waals surface area contributed by atoms with Crippen molar-refractivity contribution in [3.63, 3.8) is 0 Å². The molecule has 1 aromatic heterocycles. The van der Waals surface area contributed by atoms with E-state index in [-0.39, 0.29) is 0 Å². The molecule has 3 nitrogen and oxygen atoms in total. The Morgan fingerprint density at radius 3 is 2.44 bits per heavy atom. The summed E-state index contributed by atoms with van der Waals surface area (Å²) < 4.78 is 0. The molecule has 100 valence electrons. The molecule has 0 radical (unpaired) electrons. The second-order valence-electron chi connectivity index (χ2n) is 5.63. The van der Waals surface area contributed by atoms with E-state index in [1.54, 1.807) is 0 Å². The van der Waals surface area contributed by atoms with Gasteiger partial charge in [-0.05, 0) is 58.3 Å². The molecule has 2 rings (SSSR count). The minimum atomic E-state index is 0.624. The molecule has 3 heteroatoms. The summed E-state index contributed by atoms with van der Waals surface area (Å²) in [6, 6.07) is 5.55. The molecule has 0 aromatic carbocycles. The molecule has 1 aliphatic rings. The number of nitrogens with zero attached hydrogens (tertiary/aromatic N) is 2. The molecule has 1 N–H and O–H groups in total. The SMILES string of the molecule is Cc1ccc(CN2CCC(C)NC(C)CC2)cn1. The molecule has 0 spiro atoms. The number of rotatable bonds is 2. The average Bonchev–Trinajstić information content (AvgIpc) is 2.33. The fourth-order valence-corrected chi connectivity index (χ4v) is 2.52. The van der Waals surface area contributed by atoms with Crippen LogP contribution < -0.4 is 5.32 Å². The van der Waals surface area contributed by atoms with Crippen LogP contribution in [0.4, 0.5) is 0 Å². The van der Waals surface area contributed by atoms with Crippen LogP contribution in [0.25, 0.3) is 0 Å². The zero-order valence-corrected chi connectivity index (χ0v) is 11.8. The lowest BCUT2D eigenvalue weighted by Crippen LogP contribution is -2.42. The molecule has 2 heterocycles. The molecular weight excluding hydrogens is 222 g/mol. The van der Waals surface area contributed by atoms with Gasteiger partial charge in [0.1, 0.15) is 0 Å². The van der Waals surface area contributed by atoms with Crippen LogP contribution in [0, 0.1) is 6.92 Å². The minimum Gasteiger partial charge on any atom is -0.312 e. The highest BCUT2D eigenvalue weighted by Gasteiger charge is 2.15. The van der Waals surface area contributed by atoms with Gasteiger partial charge in [-0.2, -0.15) is 0 Å². The lowest BCUT2D eigenvalue weighted by molar-refractivity contribution is 0.212. The highest BCUT2D eigenvalue weighted by Crippen LogP contribution is 2.10. The van der Waals surface area contributed by atoms with Crippen molar-refractivity contribution in [1.29, 1.82) is 0 Å². The summed E-state index contributed by atoms with van der Waals surface area (Å²) in [6.07, 6.45) is 4.46. The second kappa shape index (κ2) is 6.30. The summed E-state index contributed by atoms with van der Waals surface area (Å²) in [5.41, 5.74) is 2.42. The van der Waals surface area contributed by atoms with E-state index < -0.39 is 0 Å². The van der Waals surface area contributed by atoms with Crippen LogP contribution >= 0.6 is 0 Å². The molecule has 18 heavy (non-hydrogen) atoms. The third-order valence-corrected chi connectivity index (χ3v) is 3.70. The van der Waals surface area contributed by atoms with Gasteiger partial charge in [0.2, 0.25) is 0 Å². The van der Waals surface area contributed by atoms with E-state index in [4.69, 9.17) is 0 Å². The summed E-state index contributed by atoms with van der Waals surface area (Å²) in [6.45, 7) is 9.99. The van der Waals surface area contributed by atoms with Gasteiger partial charge < -0.3 is 5.32 Å². The van der Waals surface area contributed by atoms with E-state index in [1.165, 1.54) is 31.5 Å². The zero-order valence-electron chi connectivity index (χ0n) is 11.8. The molecule has 0 bridgehead atoms. The smallest absolute Gasteiger partial charge is 0.0372 e. The second-order valence-corrected chi connectivity index (χ2v) is 5.63. The number of aromatic nitrogens is 1. The Bertz CT molecular complexity index is 349. The van der Waals surface area contributed by atoms with Gasteiger partial charge in [0, 0.05) is 30.5 Å². The molecule has 1 fully saturated rings. The Balaban J connectivity index is 1.93. The number of hydrogen-bond donors (Lipinski definition) is 1. The first-order valence-corrected chi connectivity index (χ1v) is 7.03. The van der Waals surface area contributed by atoms with Crippen molar-refractivity contribution in [2.24, 2.45) is 0 Å². The predicted molar refractivity (Wildman–Crippen MR) is 75.5 cm³/mol. The first kappa shape index (κ1) is 13.5. The standard InChI is InChI=1S/C15H25N3/c1-12-4-5-15(10-16-12)11-18-8-6-13(2)17-14(3)7-9-18/h4-5,10,13-14,17H,6-9,11H2,1-3H3. The Kier molecular flexibility index (Phi) is 4.72. The van der Waals surface area contributed by atoms with Crippen molar-refractivity contribution in [2.75, 3.05) is 13.1 Å². The summed E-state index contributed by atoms with van der Waals surface area (Å²) in [5.74, 6) is 0. The van der Waals surface area contributed by atoms with Gasteiger partial charge in [-0.1, -0.05) is 6.07 Å². The lowest BCUT2D eigenvalue weighted by Gasteiger charge is -2.30. The molecule has 1 saturated heterocycles. The lowest BCUT2D eigenvalue weighted by atomic mass is 10.1. The average molecular weight is 247 g/mol. The third kappa shape index (κ3) is 4.07. The molecular formula is C15H25N3. The summed E-state index contributed by atoms with van der Waals surface area (Å²) >= 11 is 0. The maximum absolute atomic E-state index is 4.38. The van der Waals surface area contributed by atoms with Crippen LogP contribution in [0.15, 0.2) is 18.3 Å². The van der Waals surface area contributed by atoms with E-state index >= 15 is 0 Å². The van der Waals surface area contributed by atoms with Gasteiger partial charge in [0.25, 0.3) is 0 Å². The van der Waals surface area contributed by atoms with Crippen LogP contribution in [0.3, 0.4) is 0 Å². The molecule has 0 aliphatic carbocycles. The summed E-state index contributed by atoms with van der Waals surface area (Å²) in [7, 11) is 0. The van der Waals surface area contributed by atoms with Gasteiger partial charge in [-0.3, -0.25) is 9.88 Å². The maximum atomic E-state index is 4.38. The van der Waals surface area contributed by atoms with E-state index in [2.05, 4.69) is 41.2 Å². The van der Waals surface area contributed by atoms with Crippen molar-refractivity contribution in [1.82, 2.24) is 15.2 Å². The largest absolute Gasteiger partial charge is 0.312 e. The van der Waals surface area contributed by atoms with Crippen LogP contribution in [-0.2, 0) is 6.54 Å². The zero-order chi connectivity index (χ0) is 13.0. The van der Waals surface area contributed by atoms with Crippen LogP contribution in [-0.4, -0.2) is 35.1 Å².